The summed E-state index contributed by atoms with van der Waals surface area (Å²) >= 11 is 1.68. The summed E-state index contributed by atoms with van der Waals surface area (Å²) in [6.45, 7) is 6.77. The van der Waals surface area contributed by atoms with Crippen LogP contribution >= 0.6 is 11.8 Å². The van der Waals surface area contributed by atoms with E-state index < -0.39 is 13.0 Å². The number of amidine groups is 1. The number of halogens is 2. The zero-order valence-corrected chi connectivity index (χ0v) is 12.0. The normalized spacial score (nSPS) is 23.4. The van der Waals surface area contributed by atoms with Crippen molar-refractivity contribution in [3.63, 3.8) is 0 Å². The van der Waals surface area contributed by atoms with Gasteiger partial charge in [0, 0.05) is 11.8 Å². The number of thioether (sulfide) groups is 1. The molecule has 0 aromatic rings. The maximum Gasteiger partial charge on any atom is 0.261 e. The summed E-state index contributed by atoms with van der Waals surface area (Å²) < 4.78 is 28.4. The van der Waals surface area contributed by atoms with Crippen molar-refractivity contribution in [2.45, 2.75) is 39.7 Å². The van der Waals surface area contributed by atoms with E-state index in [-0.39, 0.29) is 12.0 Å². The van der Waals surface area contributed by atoms with E-state index in [1.807, 2.05) is 0 Å². The van der Waals surface area contributed by atoms with Gasteiger partial charge < -0.3 is 10.1 Å². The zero-order valence-electron chi connectivity index (χ0n) is 11.2. The van der Waals surface area contributed by atoms with Crippen molar-refractivity contribution < 1.29 is 13.5 Å². The second kappa shape index (κ2) is 7.28. The molecule has 1 heterocycles. The Labute approximate surface area is 112 Å². The van der Waals surface area contributed by atoms with Crippen molar-refractivity contribution in [1.82, 2.24) is 5.32 Å². The van der Waals surface area contributed by atoms with Gasteiger partial charge in [0.15, 0.2) is 5.17 Å². The minimum atomic E-state index is -2.40. The number of hydrogen-bond acceptors (Lipinski definition) is 3. The maximum absolute atomic E-state index is 11.8. The molecule has 0 bridgehead atoms. The number of nitrogens with zero attached hydrogens (tertiary/aromatic N) is 1. The lowest BCUT2D eigenvalue weighted by Gasteiger charge is -2.35. The molecule has 0 aromatic heterocycles. The van der Waals surface area contributed by atoms with Gasteiger partial charge in [-0.3, -0.25) is 4.99 Å². The highest BCUT2D eigenvalue weighted by molar-refractivity contribution is 8.13. The van der Waals surface area contributed by atoms with E-state index in [0.717, 1.165) is 17.3 Å². The van der Waals surface area contributed by atoms with Crippen LogP contribution in [-0.4, -0.2) is 43.1 Å². The van der Waals surface area contributed by atoms with Gasteiger partial charge in [-0.25, -0.2) is 8.78 Å². The number of hydrogen-bond donors (Lipinski definition) is 1. The van der Waals surface area contributed by atoms with Crippen molar-refractivity contribution in [1.29, 1.82) is 0 Å². The molecule has 0 amide bonds. The van der Waals surface area contributed by atoms with Crippen LogP contribution in [0.5, 0.6) is 0 Å². The summed E-state index contributed by atoms with van der Waals surface area (Å²) in [5.74, 6) is 1.05. The average Bonchev–Trinajstić information content (AvgIpc) is 2.27. The molecule has 1 unspecified atom stereocenters. The van der Waals surface area contributed by atoms with Crippen molar-refractivity contribution in [2.24, 2.45) is 10.4 Å². The number of nitrogens with one attached hydrogen (secondary N) is 1. The molecule has 6 heteroatoms. The molecule has 0 radical (unpaired) electrons. The van der Waals surface area contributed by atoms with Gasteiger partial charge in [0.25, 0.3) is 6.43 Å². The Hall–Kier alpha value is -0.360. The first-order valence-electron chi connectivity index (χ1n) is 6.19. The average molecular weight is 280 g/mol. The van der Waals surface area contributed by atoms with Gasteiger partial charge in [-0.15, -0.1) is 0 Å². The molecule has 1 aliphatic rings. The summed E-state index contributed by atoms with van der Waals surface area (Å²) in [7, 11) is 0. The van der Waals surface area contributed by atoms with Crippen molar-refractivity contribution >= 4 is 16.9 Å². The molecular weight excluding hydrogens is 258 g/mol. The number of aliphatic imine (C=N–C) groups is 1. The van der Waals surface area contributed by atoms with Gasteiger partial charge in [0.05, 0.1) is 13.2 Å². The van der Waals surface area contributed by atoms with Crippen molar-refractivity contribution in [2.75, 3.05) is 25.5 Å². The monoisotopic (exact) mass is 280 g/mol. The highest BCUT2D eigenvalue weighted by atomic mass is 32.2. The Balaban J connectivity index is 2.28. The van der Waals surface area contributed by atoms with Crippen molar-refractivity contribution in [3.8, 4) is 0 Å². The van der Waals surface area contributed by atoms with Gasteiger partial charge >= 0.3 is 0 Å². The second-order valence-electron chi connectivity index (χ2n) is 5.35. The zero-order chi connectivity index (χ0) is 13.6. The van der Waals surface area contributed by atoms with E-state index in [0.29, 0.717) is 12.6 Å². The summed E-state index contributed by atoms with van der Waals surface area (Å²) in [6.07, 6.45) is -1.28. The first kappa shape index (κ1) is 15.7. The van der Waals surface area contributed by atoms with Gasteiger partial charge in [-0.05, 0) is 11.8 Å². The molecule has 1 saturated heterocycles. The van der Waals surface area contributed by atoms with E-state index in [2.05, 4.69) is 31.1 Å². The molecule has 1 N–H and O–H groups in total. The summed E-state index contributed by atoms with van der Waals surface area (Å²) in [5.41, 5.74) is 0.202. The van der Waals surface area contributed by atoms with E-state index in [9.17, 15) is 8.78 Å². The molecular formula is C12H22F2N2OS. The van der Waals surface area contributed by atoms with Gasteiger partial charge in [0.1, 0.15) is 6.61 Å². The second-order valence-corrected chi connectivity index (χ2v) is 6.44. The minimum absolute atomic E-state index is 0.202. The Morgan fingerprint density at radius 2 is 2.22 bits per heavy atom. The predicted octanol–water partition coefficient (Wildman–Crippen LogP) is 2.77. The van der Waals surface area contributed by atoms with Crippen LogP contribution < -0.4 is 5.32 Å². The fourth-order valence-electron chi connectivity index (χ4n) is 1.66. The van der Waals surface area contributed by atoms with E-state index in [1.54, 1.807) is 11.8 Å². The van der Waals surface area contributed by atoms with Crippen LogP contribution in [0.15, 0.2) is 4.99 Å². The fourth-order valence-corrected chi connectivity index (χ4v) is 2.62. The Morgan fingerprint density at radius 3 is 2.83 bits per heavy atom. The van der Waals surface area contributed by atoms with Gasteiger partial charge in [-0.2, -0.15) is 0 Å². The standard InChI is InChI=1S/C12H22F2N2OS/c1-12(2,3)9-4-7-18-11(16-9)15-5-6-17-8-10(13)14/h9-10H,4-8H2,1-3H3,(H,15,16). The lowest BCUT2D eigenvalue weighted by molar-refractivity contribution is 0.0207. The summed E-state index contributed by atoms with van der Waals surface area (Å²) in [6, 6.07) is 0.416. The molecule has 1 atom stereocenters. The molecule has 0 saturated carbocycles. The van der Waals surface area contributed by atoms with Crippen molar-refractivity contribution in [3.05, 3.63) is 0 Å². The molecule has 1 rings (SSSR count). The van der Waals surface area contributed by atoms with Crippen LogP contribution in [0.4, 0.5) is 8.78 Å². The fraction of sp³-hybridized carbons (Fsp3) is 0.917. The molecule has 0 aliphatic carbocycles. The molecule has 0 spiro atoms. The lowest BCUT2D eigenvalue weighted by Crippen LogP contribution is -2.46. The van der Waals surface area contributed by atoms with Crippen LogP contribution in [0, 0.1) is 5.41 Å². The first-order chi connectivity index (χ1) is 8.39. The maximum atomic E-state index is 11.8. The van der Waals surface area contributed by atoms with Gasteiger partial charge in [0.2, 0.25) is 0 Å². The van der Waals surface area contributed by atoms with Crippen LogP contribution in [0.3, 0.4) is 0 Å². The number of alkyl halides is 2. The topological polar surface area (TPSA) is 33.6 Å². The van der Waals surface area contributed by atoms with Crippen LogP contribution in [0.1, 0.15) is 27.2 Å². The third kappa shape index (κ3) is 6.00. The molecule has 106 valence electrons. The first-order valence-corrected chi connectivity index (χ1v) is 7.18. The van der Waals surface area contributed by atoms with Gasteiger partial charge in [-0.1, -0.05) is 32.5 Å². The Kier molecular flexibility index (Phi) is 6.35. The van der Waals surface area contributed by atoms with Crippen LogP contribution in [-0.2, 0) is 4.74 Å². The summed E-state index contributed by atoms with van der Waals surface area (Å²) in [5, 5.41) is 4.31. The van der Waals surface area contributed by atoms with E-state index in [4.69, 9.17) is 4.74 Å². The smallest absolute Gasteiger partial charge is 0.261 e. The quantitative estimate of drug-likeness (QED) is 0.786. The SMILES string of the molecule is CC(C)(C)C1CCSC(=NCCOCC(F)F)N1. The summed E-state index contributed by atoms with van der Waals surface area (Å²) in [4.78, 5) is 4.34. The molecule has 1 fully saturated rings. The number of rotatable bonds is 5. The predicted molar refractivity (Wildman–Crippen MR) is 72.6 cm³/mol. The lowest BCUT2D eigenvalue weighted by atomic mass is 9.85. The minimum Gasteiger partial charge on any atom is -0.374 e. The Bertz CT molecular complexity index is 280. The van der Waals surface area contributed by atoms with E-state index >= 15 is 0 Å². The highest BCUT2D eigenvalue weighted by Gasteiger charge is 2.28. The van der Waals surface area contributed by atoms with Crippen LogP contribution in [0.2, 0.25) is 0 Å². The van der Waals surface area contributed by atoms with Crippen LogP contribution in [0.25, 0.3) is 0 Å². The third-order valence-electron chi connectivity index (χ3n) is 2.72. The Morgan fingerprint density at radius 1 is 1.50 bits per heavy atom. The van der Waals surface area contributed by atoms with E-state index in [1.165, 1.54) is 0 Å². The molecule has 18 heavy (non-hydrogen) atoms. The third-order valence-corrected chi connectivity index (χ3v) is 3.68. The molecule has 0 aromatic carbocycles. The number of ether oxygens (including phenoxy) is 1. The highest BCUT2D eigenvalue weighted by Crippen LogP contribution is 2.27. The largest absolute Gasteiger partial charge is 0.374 e. The molecule has 3 nitrogen and oxygen atoms in total. The molecule has 1 aliphatic heterocycles.